The van der Waals surface area contributed by atoms with Gasteiger partial charge in [-0.3, -0.25) is 0 Å². The van der Waals surface area contributed by atoms with Crippen LogP contribution in [0.5, 0.6) is 5.75 Å². The van der Waals surface area contributed by atoms with Crippen molar-refractivity contribution >= 4 is 10.0 Å². The van der Waals surface area contributed by atoms with E-state index in [0.29, 0.717) is 11.3 Å². The highest BCUT2D eigenvalue weighted by molar-refractivity contribution is 7.88. The van der Waals surface area contributed by atoms with Crippen LogP contribution in [-0.2, 0) is 15.8 Å². The van der Waals surface area contributed by atoms with Crippen LogP contribution in [0.2, 0.25) is 0 Å². The maximum Gasteiger partial charge on any atom is 0.218 e. The Morgan fingerprint density at radius 1 is 0.957 bits per heavy atom. The van der Waals surface area contributed by atoms with Crippen molar-refractivity contribution in [2.24, 2.45) is 0 Å². The monoisotopic (exact) mass is 341 g/mol. The van der Waals surface area contributed by atoms with Crippen molar-refractivity contribution in [1.29, 1.82) is 0 Å². The minimum absolute atomic E-state index is 0.144. The van der Waals surface area contributed by atoms with Crippen LogP contribution >= 0.6 is 0 Å². The van der Waals surface area contributed by atoms with Gasteiger partial charge in [-0.25, -0.2) is 21.5 Å². The number of nitrogens with zero attached hydrogens (tertiary/aromatic N) is 1. The zero-order valence-electron chi connectivity index (χ0n) is 12.6. The first-order valence-corrected chi connectivity index (χ1v) is 8.54. The summed E-state index contributed by atoms with van der Waals surface area (Å²) in [5.74, 6) is -0.514. The average molecular weight is 341 g/mol. The molecule has 0 radical (unpaired) electrons. The third-order valence-corrected chi connectivity index (χ3v) is 5.06. The molecule has 0 atom stereocenters. The summed E-state index contributed by atoms with van der Waals surface area (Å²) in [4.78, 5) is 0. The van der Waals surface area contributed by atoms with Crippen LogP contribution in [0.1, 0.15) is 5.56 Å². The van der Waals surface area contributed by atoms with E-state index in [1.54, 1.807) is 0 Å². The highest BCUT2D eigenvalue weighted by atomic mass is 32.2. The Kier molecular flexibility index (Phi) is 5.68. The summed E-state index contributed by atoms with van der Waals surface area (Å²) >= 11 is 0. The van der Waals surface area contributed by atoms with E-state index in [-0.39, 0.29) is 24.7 Å². The Hall–Kier alpha value is -1.99. The molecule has 0 aliphatic rings. The molecule has 4 nitrogen and oxygen atoms in total. The second-order valence-corrected chi connectivity index (χ2v) is 7.08. The molecule has 7 heteroatoms. The second-order valence-electron chi connectivity index (χ2n) is 5.01. The lowest BCUT2D eigenvalue weighted by molar-refractivity contribution is 0.286. The first-order valence-electron chi connectivity index (χ1n) is 6.94. The van der Waals surface area contributed by atoms with Gasteiger partial charge in [-0.05, 0) is 42.0 Å². The van der Waals surface area contributed by atoms with Crippen LogP contribution in [0.3, 0.4) is 0 Å². The fourth-order valence-electron chi connectivity index (χ4n) is 1.86. The molecule has 0 aliphatic heterocycles. The van der Waals surface area contributed by atoms with Crippen LogP contribution in [0.25, 0.3) is 0 Å². The van der Waals surface area contributed by atoms with Crippen molar-refractivity contribution in [2.75, 3.05) is 20.2 Å². The van der Waals surface area contributed by atoms with Gasteiger partial charge in [0.2, 0.25) is 10.0 Å². The molecule has 0 heterocycles. The molecular formula is C16H17F2NO3S. The summed E-state index contributed by atoms with van der Waals surface area (Å²) < 4.78 is 56.5. The van der Waals surface area contributed by atoms with E-state index >= 15 is 0 Å². The maximum atomic E-state index is 12.8. The number of sulfonamides is 1. The minimum Gasteiger partial charge on any atom is -0.492 e. The van der Waals surface area contributed by atoms with E-state index in [4.69, 9.17) is 4.74 Å². The zero-order chi connectivity index (χ0) is 16.9. The lowest BCUT2D eigenvalue weighted by Gasteiger charge is -2.17. The van der Waals surface area contributed by atoms with E-state index in [1.165, 1.54) is 59.9 Å². The van der Waals surface area contributed by atoms with Gasteiger partial charge in [-0.15, -0.1) is 0 Å². The average Bonchev–Trinajstić information content (AvgIpc) is 2.51. The van der Waals surface area contributed by atoms with Crippen molar-refractivity contribution in [1.82, 2.24) is 4.31 Å². The van der Waals surface area contributed by atoms with Crippen LogP contribution in [0.15, 0.2) is 48.5 Å². The third kappa shape index (κ3) is 5.30. The lowest BCUT2D eigenvalue weighted by atomic mass is 10.2. The van der Waals surface area contributed by atoms with Gasteiger partial charge in [-0.2, -0.15) is 0 Å². The standard InChI is InChI=1S/C16H17F2NO3S/c1-19(10-11-22-16-8-6-15(18)7-9-16)23(20,21)12-13-2-4-14(17)5-3-13/h2-9H,10-12H2,1H3. The normalized spacial score (nSPS) is 11.7. The van der Waals surface area contributed by atoms with E-state index < -0.39 is 15.8 Å². The molecule has 0 aliphatic carbocycles. The summed E-state index contributed by atoms with van der Waals surface area (Å²) in [6, 6.07) is 10.8. The minimum atomic E-state index is -3.52. The van der Waals surface area contributed by atoms with Crippen LogP contribution in [0, 0.1) is 11.6 Å². The number of halogens is 2. The molecule has 0 spiro atoms. The third-order valence-electron chi connectivity index (χ3n) is 3.23. The van der Waals surface area contributed by atoms with Crippen molar-refractivity contribution in [2.45, 2.75) is 5.75 Å². The fraction of sp³-hybridized carbons (Fsp3) is 0.250. The first-order chi connectivity index (χ1) is 10.9. The Morgan fingerprint density at radius 3 is 2.04 bits per heavy atom. The van der Waals surface area contributed by atoms with Gasteiger partial charge in [0.05, 0.1) is 5.75 Å². The molecule has 2 rings (SSSR count). The molecule has 0 aromatic heterocycles. The van der Waals surface area contributed by atoms with Crippen molar-refractivity contribution in [3.63, 3.8) is 0 Å². The Labute approximate surface area is 134 Å². The van der Waals surface area contributed by atoms with E-state index in [0.717, 1.165) is 0 Å². The van der Waals surface area contributed by atoms with Gasteiger partial charge in [-0.1, -0.05) is 12.1 Å². The first kappa shape index (κ1) is 17.4. The molecule has 0 fully saturated rings. The van der Waals surface area contributed by atoms with Crippen molar-refractivity contribution in [3.8, 4) is 5.75 Å². The molecule has 0 bridgehead atoms. The number of likely N-dealkylation sites (N-methyl/N-ethyl adjacent to an activating group) is 1. The van der Waals surface area contributed by atoms with Gasteiger partial charge in [0.15, 0.2) is 0 Å². The van der Waals surface area contributed by atoms with E-state index in [2.05, 4.69) is 0 Å². The zero-order valence-corrected chi connectivity index (χ0v) is 13.4. The molecule has 2 aromatic carbocycles. The Bertz CT molecular complexity index is 731. The van der Waals surface area contributed by atoms with Gasteiger partial charge < -0.3 is 4.74 Å². The largest absolute Gasteiger partial charge is 0.492 e. The van der Waals surface area contributed by atoms with Gasteiger partial charge in [0.25, 0.3) is 0 Å². The number of benzene rings is 2. The van der Waals surface area contributed by atoms with Gasteiger partial charge in [0.1, 0.15) is 24.0 Å². The van der Waals surface area contributed by atoms with Gasteiger partial charge >= 0.3 is 0 Å². The number of hydrogen-bond acceptors (Lipinski definition) is 3. The van der Waals surface area contributed by atoms with E-state index in [9.17, 15) is 17.2 Å². The van der Waals surface area contributed by atoms with Crippen LogP contribution in [-0.4, -0.2) is 32.9 Å². The van der Waals surface area contributed by atoms with Crippen LogP contribution in [0.4, 0.5) is 8.78 Å². The number of hydrogen-bond donors (Lipinski definition) is 0. The Balaban J connectivity index is 1.87. The molecular weight excluding hydrogens is 324 g/mol. The molecule has 2 aromatic rings. The summed E-state index contributed by atoms with van der Waals surface area (Å²) in [6.45, 7) is 0.297. The summed E-state index contributed by atoms with van der Waals surface area (Å²) in [5, 5.41) is 0. The fourth-order valence-corrected chi connectivity index (χ4v) is 3.05. The summed E-state index contributed by atoms with van der Waals surface area (Å²) in [5.41, 5.74) is 0.512. The molecule has 0 amide bonds. The lowest BCUT2D eigenvalue weighted by Crippen LogP contribution is -2.32. The molecule has 124 valence electrons. The predicted molar refractivity (Wildman–Crippen MR) is 83.5 cm³/mol. The Morgan fingerprint density at radius 2 is 1.48 bits per heavy atom. The van der Waals surface area contributed by atoms with Crippen molar-refractivity contribution in [3.05, 3.63) is 65.7 Å². The second kappa shape index (κ2) is 7.52. The molecule has 0 saturated heterocycles. The maximum absolute atomic E-state index is 12.8. The summed E-state index contributed by atoms with van der Waals surface area (Å²) in [6.07, 6.45) is 0. The SMILES string of the molecule is CN(CCOc1ccc(F)cc1)S(=O)(=O)Cc1ccc(F)cc1. The predicted octanol–water partition coefficient (Wildman–Crippen LogP) is 2.81. The quantitative estimate of drug-likeness (QED) is 0.778. The smallest absolute Gasteiger partial charge is 0.218 e. The van der Waals surface area contributed by atoms with E-state index in [1.807, 2.05) is 0 Å². The molecule has 0 unspecified atom stereocenters. The molecule has 23 heavy (non-hydrogen) atoms. The number of rotatable bonds is 7. The number of ether oxygens (including phenoxy) is 1. The van der Waals surface area contributed by atoms with Crippen molar-refractivity contribution < 1.29 is 21.9 Å². The summed E-state index contributed by atoms with van der Waals surface area (Å²) in [7, 11) is -2.07. The topological polar surface area (TPSA) is 46.6 Å². The molecule has 0 N–H and O–H groups in total. The van der Waals surface area contributed by atoms with Gasteiger partial charge in [0, 0.05) is 13.6 Å². The molecule has 0 saturated carbocycles. The van der Waals surface area contributed by atoms with Crippen LogP contribution < -0.4 is 4.74 Å². The highest BCUT2D eigenvalue weighted by Crippen LogP contribution is 2.13. The highest BCUT2D eigenvalue weighted by Gasteiger charge is 2.18.